The van der Waals surface area contributed by atoms with E-state index in [0.717, 1.165) is 0 Å². The summed E-state index contributed by atoms with van der Waals surface area (Å²) in [5, 5.41) is -2.05. The standard InChI is InChI=1S/C51H29N3OS2/c1-3-11-30(12-4-1)49-52-50(31-13-5-2-6-14-31)54-51(53-49)34-20-23-38-37-22-19-32(27-45(37)57-46(38)28-34)35-26-40(48-39-16-8-10-18-44(39)56-47(48)29-35)33-21-24-43-41(25-33)36-15-7-9-17-42(36)55-43/h1-29H/i1D,2D,3D,4D,5D,6D,7D,8D,9D,10D,11D,12D,13D,14D,15D,16D,17D,18D,19D,20D,21D,22D,23D,24D,25D,26D,27D,28D,29D. The smallest absolute Gasteiger partial charge is 0.164 e. The van der Waals surface area contributed by atoms with Gasteiger partial charge in [-0.2, -0.15) is 0 Å². The van der Waals surface area contributed by atoms with E-state index in [1.54, 1.807) is 0 Å². The molecule has 0 radical (unpaired) electrons. The van der Waals surface area contributed by atoms with Gasteiger partial charge in [-0.3, -0.25) is 0 Å². The Balaban J connectivity index is 1.18. The summed E-state index contributed by atoms with van der Waals surface area (Å²) in [6, 6.07) is -22.6. The number of nitrogens with zero attached hydrogens (tertiary/aromatic N) is 3. The van der Waals surface area contributed by atoms with Crippen LogP contribution in [0.5, 0.6) is 0 Å². The topological polar surface area (TPSA) is 51.8 Å². The van der Waals surface area contributed by atoms with Gasteiger partial charge < -0.3 is 4.42 Å². The number of thiophene rings is 2. The number of hydrogen-bond donors (Lipinski definition) is 0. The van der Waals surface area contributed by atoms with Crippen molar-refractivity contribution in [2.45, 2.75) is 0 Å². The lowest BCUT2D eigenvalue weighted by Gasteiger charge is -2.10. The first-order chi connectivity index (χ1) is 40.3. The summed E-state index contributed by atoms with van der Waals surface area (Å²) in [6.45, 7) is 0. The first-order valence-corrected chi connectivity index (χ1v) is 18.2. The zero-order valence-corrected chi connectivity index (χ0v) is 29.7. The van der Waals surface area contributed by atoms with Crippen LogP contribution >= 0.6 is 22.7 Å². The van der Waals surface area contributed by atoms with Crippen LogP contribution in [0, 0.1) is 0 Å². The molecular formula is C51H29N3OS2. The molecule has 0 spiro atoms. The van der Waals surface area contributed by atoms with Gasteiger partial charge in [0, 0.05) is 67.8 Å². The maximum atomic E-state index is 10.1. The minimum absolute atomic E-state index is 0.171. The summed E-state index contributed by atoms with van der Waals surface area (Å²) < 4.78 is 264. The van der Waals surface area contributed by atoms with E-state index in [4.69, 9.17) is 29.1 Å². The monoisotopic (exact) mass is 792 g/mol. The number of hydrogen-bond acceptors (Lipinski definition) is 6. The largest absolute Gasteiger partial charge is 0.456 e. The van der Waals surface area contributed by atoms with E-state index in [-0.39, 0.29) is 45.7 Å². The van der Waals surface area contributed by atoms with Crippen molar-refractivity contribution in [1.82, 2.24) is 15.0 Å². The average molecular weight is 793 g/mol. The minimum Gasteiger partial charge on any atom is -0.456 e. The lowest BCUT2D eigenvalue weighted by Crippen LogP contribution is -1.99. The van der Waals surface area contributed by atoms with Crippen molar-refractivity contribution < 1.29 is 44.2 Å². The van der Waals surface area contributed by atoms with Crippen LogP contribution < -0.4 is 0 Å². The molecule has 4 heterocycles. The Bertz CT molecular complexity index is 5100. The zero-order chi connectivity index (χ0) is 62.7. The molecule has 0 bridgehead atoms. The molecule has 6 heteroatoms. The van der Waals surface area contributed by atoms with E-state index in [2.05, 4.69) is 15.0 Å². The molecule has 0 amide bonds. The Morgan fingerprint density at radius 2 is 0.895 bits per heavy atom. The Kier molecular flexibility index (Phi) is 3.32. The summed E-state index contributed by atoms with van der Waals surface area (Å²) >= 11 is 1.19. The van der Waals surface area contributed by atoms with E-state index in [1.165, 1.54) is 0 Å². The van der Waals surface area contributed by atoms with Gasteiger partial charge in [-0.15, -0.1) is 22.7 Å². The maximum absolute atomic E-state index is 10.1. The number of benzene rings is 8. The van der Waals surface area contributed by atoms with Gasteiger partial charge in [0.15, 0.2) is 17.5 Å². The quantitative estimate of drug-likeness (QED) is 0.174. The van der Waals surface area contributed by atoms with Crippen LogP contribution in [0.25, 0.3) is 119 Å². The molecule has 0 atom stereocenters. The average Bonchev–Trinajstić information content (AvgIpc) is 1.48. The number of fused-ring (bicyclic) bond motifs is 9. The fourth-order valence-corrected chi connectivity index (χ4v) is 8.32. The molecule has 0 aliphatic heterocycles. The fraction of sp³-hybridized carbons (Fsp3) is 0. The summed E-state index contributed by atoms with van der Waals surface area (Å²) in [7, 11) is 0. The molecule has 0 fully saturated rings. The van der Waals surface area contributed by atoms with E-state index < -0.39 is 248 Å². The highest BCUT2D eigenvalue weighted by molar-refractivity contribution is 7.26. The Morgan fingerprint density at radius 3 is 1.63 bits per heavy atom. The van der Waals surface area contributed by atoms with Gasteiger partial charge in [-0.25, -0.2) is 15.0 Å². The van der Waals surface area contributed by atoms with Crippen LogP contribution in [0.1, 0.15) is 39.8 Å². The fourth-order valence-electron chi connectivity index (χ4n) is 6.28. The van der Waals surface area contributed by atoms with E-state index in [9.17, 15) is 15.1 Å². The van der Waals surface area contributed by atoms with Crippen LogP contribution in [0.3, 0.4) is 0 Å². The lowest BCUT2D eigenvalue weighted by molar-refractivity contribution is 0.669. The summed E-state index contributed by atoms with van der Waals surface area (Å²) in [4.78, 5) is 12.9. The normalized spacial score (nSPS) is 19.0. The second kappa shape index (κ2) is 12.8. The molecule has 0 aliphatic carbocycles. The van der Waals surface area contributed by atoms with Crippen molar-refractivity contribution in [3.63, 3.8) is 0 Å². The van der Waals surface area contributed by atoms with Crippen LogP contribution in [0.15, 0.2) is 180 Å². The molecule has 4 aromatic heterocycles. The highest BCUT2D eigenvalue weighted by atomic mass is 32.1. The SMILES string of the molecule is [2H]c1c([2H])c([2H])c(-c2nc(-c3c([2H])c([2H])c([2H])c([2H])c3[2H])nc(-c3c([2H])c([2H])c4c(sc5c([2H])c(-c6c([2H])c(-c7c([2H])c([2H])c8oc9c([2H])c([2H])c([2H])c([2H])c9c8c7[2H])c7c(sc8c([2H])c([2H])c([2H])c([2H])c87)c6[2H])c([2H])c([2H])c54)c3[2H])n2)c([2H])c1[2H]. The predicted octanol–water partition coefficient (Wildman–Crippen LogP) is 14.8. The van der Waals surface area contributed by atoms with Crippen molar-refractivity contribution in [2.24, 2.45) is 0 Å². The first-order valence-electron chi connectivity index (χ1n) is 31.1. The molecule has 0 unspecified atom stereocenters. The molecule has 0 N–H and O–H groups in total. The van der Waals surface area contributed by atoms with Gasteiger partial charge in [0.1, 0.15) is 11.2 Å². The molecule has 57 heavy (non-hydrogen) atoms. The van der Waals surface area contributed by atoms with Gasteiger partial charge in [0.2, 0.25) is 0 Å². The number of furan rings is 1. The predicted molar refractivity (Wildman–Crippen MR) is 240 cm³/mol. The minimum atomic E-state index is -0.879. The zero-order valence-electron chi connectivity index (χ0n) is 57.1. The van der Waals surface area contributed by atoms with Crippen LogP contribution in [0.2, 0.25) is 0 Å². The van der Waals surface area contributed by atoms with Crippen LogP contribution in [-0.4, -0.2) is 15.0 Å². The second-order valence-corrected chi connectivity index (χ2v) is 14.1. The molecule has 0 aliphatic rings. The highest BCUT2D eigenvalue weighted by Crippen LogP contribution is 2.45. The summed E-state index contributed by atoms with van der Waals surface area (Å²) in [5.41, 5.74) is -5.39. The van der Waals surface area contributed by atoms with Crippen molar-refractivity contribution in [3.05, 3.63) is 175 Å². The van der Waals surface area contributed by atoms with Gasteiger partial charge in [0.25, 0.3) is 0 Å². The number of para-hydroxylation sites is 1. The van der Waals surface area contributed by atoms with Crippen molar-refractivity contribution >= 4 is 85.0 Å². The number of rotatable bonds is 5. The molecule has 0 saturated heterocycles. The van der Waals surface area contributed by atoms with Gasteiger partial charge in [-0.05, 0) is 70.6 Å². The van der Waals surface area contributed by atoms with Gasteiger partial charge in [0.05, 0.1) is 39.8 Å². The molecule has 12 rings (SSSR count). The molecule has 8 aromatic carbocycles. The highest BCUT2D eigenvalue weighted by Gasteiger charge is 2.18. The molecule has 266 valence electrons. The van der Waals surface area contributed by atoms with Crippen LogP contribution in [0.4, 0.5) is 0 Å². The maximum Gasteiger partial charge on any atom is 0.164 e. The third kappa shape index (κ3) is 5.37. The van der Waals surface area contributed by atoms with Crippen molar-refractivity contribution in [2.75, 3.05) is 0 Å². The summed E-state index contributed by atoms with van der Waals surface area (Å²) in [6.07, 6.45) is 0. The van der Waals surface area contributed by atoms with E-state index in [0.29, 0.717) is 22.7 Å². The van der Waals surface area contributed by atoms with E-state index in [1.807, 2.05) is 0 Å². The lowest BCUT2D eigenvalue weighted by atomic mass is 9.93. The Labute approximate surface area is 375 Å². The third-order valence-electron chi connectivity index (χ3n) is 8.77. The van der Waals surface area contributed by atoms with E-state index >= 15 is 0 Å². The van der Waals surface area contributed by atoms with Gasteiger partial charge in [-0.1, -0.05) is 127 Å². The van der Waals surface area contributed by atoms with Crippen molar-refractivity contribution in [1.29, 1.82) is 0 Å². The molecular weight excluding hydrogens is 735 g/mol. The van der Waals surface area contributed by atoms with Gasteiger partial charge >= 0.3 is 0 Å². The first kappa shape index (κ1) is 14.8. The number of aromatic nitrogens is 3. The molecule has 4 nitrogen and oxygen atoms in total. The molecule has 12 aromatic rings. The van der Waals surface area contributed by atoms with Crippen molar-refractivity contribution in [3.8, 4) is 56.4 Å². The Morgan fingerprint density at radius 1 is 0.351 bits per heavy atom. The molecule has 0 saturated carbocycles. The Hall–Kier alpha value is -6.99. The third-order valence-corrected chi connectivity index (χ3v) is 10.8. The summed E-state index contributed by atoms with van der Waals surface area (Å²) in [5.74, 6) is -2.23. The van der Waals surface area contributed by atoms with Crippen LogP contribution in [-0.2, 0) is 0 Å². The second-order valence-electron chi connectivity index (χ2n) is 12.1.